The fourth-order valence-electron chi connectivity index (χ4n) is 3.69. The predicted molar refractivity (Wildman–Crippen MR) is 128 cm³/mol. The third-order valence-electron chi connectivity index (χ3n) is 5.54. The van der Waals surface area contributed by atoms with Gasteiger partial charge in [0.05, 0.1) is 16.8 Å². The molecule has 1 aliphatic carbocycles. The van der Waals surface area contributed by atoms with Crippen molar-refractivity contribution in [3.8, 4) is 22.9 Å². The molecule has 0 saturated heterocycles. The zero-order valence-corrected chi connectivity index (χ0v) is 19.2. The summed E-state index contributed by atoms with van der Waals surface area (Å²) in [5.41, 5.74) is 5.41. The van der Waals surface area contributed by atoms with E-state index in [0.717, 1.165) is 45.9 Å². The second-order valence-electron chi connectivity index (χ2n) is 8.13. The molecule has 1 aliphatic rings. The zero-order chi connectivity index (χ0) is 22.1. The summed E-state index contributed by atoms with van der Waals surface area (Å²) >= 11 is 1.44. The van der Waals surface area contributed by atoms with Crippen LogP contribution in [0.5, 0.6) is 11.6 Å². The molecule has 2 aromatic heterocycles. The number of aryl methyl sites for hydroxylation is 3. The predicted octanol–water partition coefficient (Wildman–Crippen LogP) is 6.28. The van der Waals surface area contributed by atoms with E-state index in [9.17, 15) is 0 Å². The summed E-state index contributed by atoms with van der Waals surface area (Å²) in [5, 5.41) is 4.22. The Morgan fingerprint density at radius 3 is 2.44 bits per heavy atom. The first-order valence-electron chi connectivity index (χ1n) is 10.7. The fourth-order valence-corrected chi connectivity index (χ4v) is 4.29. The van der Waals surface area contributed by atoms with Crippen LogP contribution >= 0.6 is 11.9 Å². The van der Waals surface area contributed by atoms with Crippen LogP contribution in [0.15, 0.2) is 65.8 Å². The van der Waals surface area contributed by atoms with Crippen LogP contribution in [0.4, 0.5) is 5.95 Å². The van der Waals surface area contributed by atoms with Crippen molar-refractivity contribution in [2.45, 2.75) is 37.5 Å². The molecule has 32 heavy (non-hydrogen) atoms. The maximum absolute atomic E-state index is 6.42. The van der Waals surface area contributed by atoms with E-state index in [4.69, 9.17) is 14.7 Å². The minimum Gasteiger partial charge on any atom is -0.438 e. The van der Waals surface area contributed by atoms with E-state index >= 15 is 0 Å². The van der Waals surface area contributed by atoms with Crippen LogP contribution in [0.2, 0.25) is 0 Å². The van der Waals surface area contributed by atoms with E-state index < -0.39 is 0 Å². The molecule has 1 fully saturated rings. The molecule has 2 heterocycles. The summed E-state index contributed by atoms with van der Waals surface area (Å²) in [5.74, 6) is 2.38. The van der Waals surface area contributed by atoms with Gasteiger partial charge in [-0.05, 0) is 61.7 Å². The first-order valence-corrected chi connectivity index (χ1v) is 11.5. The molecular formula is C25H25N5OS. The Kier molecular flexibility index (Phi) is 5.57. The molecule has 1 saturated carbocycles. The second-order valence-corrected chi connectivity index (χ2v) is 9.00. The molecular weight excluding hydrogens is 418 g/mol. The number of rotatable bonds is 7. The lowest BCUT2D eigenvalue weighted by Gasteiger charge is -2.17. The van der Waals surface area contributed by atoms with Gasteiger partial charge in [0.2, 0.25) is 11.8 Å². The normalized spacial score (nSPS) is 13.2. The highest BCUT2D eigenvalue weighted by atomic mass is 32.2. The molecule has 0 amide bonds. The molecule has 0 atom stereocenters. The van der Waals surface area contributed by atoms with Gasteiger partial charge in [0.1, 0.15) is 5.75 Å². The smallest absolute Gasteiger partial charge is 0.237 e. The van der Waals surface area contributed by atoms with E-state index in [1.54, 1.807) is 4.68 Å². The maximum atomic E-state index is 6.42. The number of aromatic nitrogens is 4. The number of ether oxygens (including phenoxy) is 1. The largest absolute Gasteiger partial charge is 0.438 e. The summed E-state index contributed by atoms with van der Waals surface area (Å²) < 4.78 is 11.5. The van der Waals surface area contributed by atoms with Crippen molar-refractivity contribution in [1.29, 1.82) is 0 Å². The standard InChI is InChI=1S/C25H25N5OS/c1-16-8-4-6-10-20(16)23-22(18-12-13-18)24(31-21-11-7-5-9-17(21)2)28-25(27-23)29-32-19-14-26-30(3)15-19/h4-11,14-15,18H,12-13H2,1-3H3,(H,27,28,29). The van der Waals surface area contributed by atoms with E-state index in [0.29, 0.717) is 17.7 Å². The van der Waals surface area contributed by atoms with E-state index in [1.165, 1.54) is 17.5 Å². The average molecular weight is 444 g/mol. The molecule has 2 aromatic carbocycles. The number of hydrogen-bond acceptors (Lipinski definition) is 6. The van der Waals surface area contributed by atoms with Crippen LogP contribution in [0.3, 0.4) is 0 Å². The minimum absolute atomic E-state index is 0.420. The number of para-hydroxylation sites is 1. The van der Waals surface area contributed by atoms with Gasteiger partial charge in [0.15, 0.2) is 0 Å². The summed E-state index contributed by atoms with van der Waals surface area (Å²) in [4.78, 5) is 10.8. The first kappa shape index (κ1) is 20.6. The SMILES string of the molecule is Cc1ccccc1Oc1nc(NSc2cnn(C)c2)nc(-c2ccccc2C)c1C1CC1. The molecule has 0 bridgehead atoms. The van der Waals surface area contributed by atoms with Crippen molar-refractivity contribution >= 4 is 17.9 Å². The van der Waals surface area contributed by atoms with Crippen LogP contribution in [-0.4, -0.2) is 19.7 Å². The molecule has 7 heteroatoms. The number of hydrogen-bond donors (Lipinski definition) is 1. The van der Waals surface area contributed by atoms with Gasteiger partial charge in [-0.2, -0.15) is 10.1 Å². The summed E-state index contributed by atoms with van der Waals surface area (Å²) in [6.45, 7) is 4.17. The number of anilines is 1. The highest BCUT2D eigenvalue weighted by Gasteiger charge is 2.33. The van der Waals surface area contributed by atoms with Gasteiger partial charge < -0.3 is 4.74 Å². The Bertz CT molecular complexity index is 1260. The van der Waals surface area contributed by atoms with Gasteiger partial charge in [0, 0.05) is 24.4 Å². The van der Waals surface area contributed by atoms with Gasteiger partial charge in [-0.25, -0.2) is 4.98 Å². The Hall–Kier alpha value is -3.32. The van der Waals surface area contributed by atoms with Crippen molar-refractivity contribution in [3.05, 3.63) is 77.6 Å². The van der Waals surface area contributed by atoms with Crippen LogP contribution in [0.25, 0.3) is 11.3 Å². The molecule has 6 nitrogen and oxygen atoms in total. The summed E-state index contributed by atoms with van der Waals surface area (Å²) in [7, 11) is 1.90. The quantitative estimate of drug-likeness (QED) is 0.339. The number of benzene rings is 2. The number of nitrogens with one attached hydrogen (secondary N) is 1. The van der Waals surface area contributed by atoms with Gasteiger partial charge in [-0.3, -0.25) is 9.40 Å². The van der Waals surface area contributed by atoms with Crippen LogP contribution in [-0.2, 0) is 7.05 Å². The molecule has 0 aliphatic heterocycles. The Balaban J connectivity index is 1.60. The highest BCUT2D eigenvalue weighted by Crippen LogP contribution is 2.49. The van der Waals surface area contributed by atoms with Crippen molar-refractivity contribution in [1.82, 2.24) is 19.7 Å². The summed E-state index contributed by atoms with van der Waals surface area (Å²) in [6.07, 6.45) is 6.01. The highest BCUT2D eigenvalue weighted by molar-refractivity contribution is 8.00. The molecule has 1 N–H and O–H groups in total. The van der Waals surface area contributed by atoms with Gasteiger partial charge in [-0.1, -0.05) is 42.5 Å². The Morgan fingerprint density at radius 1 is 1.00 bits per heavy atom. The van der Waals surface area contributed by atoms with E-state index in [2.05, 4.69) is 41.0 Å². The third-order valence-corrected chi connectivity index (χ3v) is 6.27. The van der Waals surface area contributed by atoms with Crippen molar-refractivity contribution in [3.63, 3.8) is 0 Å². The molecule has 0 spiro atoms. The monoisotopic (exact) mass is 443 g/mol. The van der Waals surface area contributed by atoms with Crippen LogP contribution < -0.4 is 9.46 Å². The lowest BCUT2D eigenvalue weighted by atomic mass is 9.99. The van der Waals surface area contributed by atoms with Crippen molar-refractivity contribution in [2.24, 2.45) is 7.05 Å². The molecule has 0 radical (unpaired) electrons. The molecule has 4 aromatic rings. The first-order chi connectivity index (χ1) is 15.6. The van der Waals surface area contributed by atoms with Crippen LogP contribution in [0, 0.1) is 13.8 Å². The van der Waals surface area contributed by atoms with Crippen molar-refractivity contribution < 1.29 is 4.74 Å². The van der Waals surface area contributed by atoms with Gasteiger partial charge in [0.25, 0.3) is 0 Å². The van der Waals surface area contributed by atoms with E-state index in [-0.39, 0.29) is 0 Å². The zero-order valence-electron chi connectivity index (χ0n) is 18.4. The lowest BCUT2D eigenvalue weighted by molar-refractivity contribution is 0.453. The number of nitrogens with zero attached hydrogens (tertiary/aromatic N) is 4. The van der Waals surface area contributed by atoms with Gasteiger partial charge in [-0.15, -0.1) is 0 Å². The third kappa shape index (κ3) is 4.34. The second kappa shape index (κ2) is 8.67. The molecule has 5 rings (SSSR count). The molecule has 162 valence electrons. The lowest BCUT2D eigenvalue weighted by Crippen LogP contribution is -2.05. The molecule has 0 unspecified atom stereocenters. The van der Waals surface area contributed by atoms with Crippen molar-refractivity contribution in [2.75, 3.05) is 4.72 Å². The van der Waals surface area contributed by atoms with Crippen LogP contribution in [0.1, 0.15) is 35.4 Å². The minimum atomic E-state index is 0.420. The average Bonchev–Trinajstić information content (AvgIpc) is 3.54. The fraction of sp³-hybridized carbons (Fsp3) is 0.240. The summed E-state index contributed by atoms with van der Waals surface area (Å²) in [6, 6.07) is 16.4. The maximum Gasteiger partial charge on any atom is 0.237 e. The topological polar surface area (TPSA) is 64.9 Å². The Labute approximate surface area is 192 Å². The van der Waals surface area contributed by atoms with Gasteiger partial charge >= 0.3 is 0 Å². The Morgan fingerprint density at radius 2 is 1.75 bits per heavy atom. The van der Waals surface area contributed by atoms with E-state index in [1.807, 2.05) is 50.6 Å².